The molecule has 0 saturated heterocycles. The lowest BCUT2D eigenvalue weighted by molar-refractivity contribution is -0.114. The maximum atomic E-state index is 12.4. The van der Waals surface area contributed by atoms with Gasteiger partial charge in [0.15, 0.2) is 11.3 Å². The first kappa shape index (κ1) is 23.9. The van der Waals surface area contributed by atoms with Gasteiger partial charge in [-0.2, -0.15) is 0 Å². The molecule has 0 unspecified atom stereocenters. The van der Waals surface area contributed by atoms with E-state index in [0.717, 1.165) is 50.1 Å². The minimum absolute atomic E-state index is 0.00619. The molecule has 0 spiro atoms. The monoisotopic (exact) mass is 417 g/mol. The minimum Gasteiger partial charge on any atom is -0.504 e. The number of rotatable bonds is 11. The molecule has 1 aromatic heterocycles. The minimum atomic E-state index is -0.669. The first-order chi connectivity index (χ1) is 14.3. The fourth-order valence-electron chi connectivity index (χ4n) is 3.73. The third-order valence-electron chi connectivity index (χ3n) is 5.23. The van der Waals surface area contributed by atoms with Gasteiger partial charge in [-0.05, 0) is 56.7 Å². The number of nitrogens with zero attached hydrogens (tertiary/aromatic N) is 2. The maximum Gasteiger partial charge on any atom is 0.360 e. The molecule has 0 fully saturated rings. The molecule has 1 amide bonds. The summed E-state index contributed by atoms with van der Waals surface area (Å²) in [5.74, 6) is -0.350. The van der Waals surface area contributed by atoms with Crippen LogP contribution in [0.5, 0.6) is 5.75 Å². The Labute approximate surface area is 178 Å². The number of carbonyl (C=O) groups is 1. The van der Waals surface area contributed by atoms with Crippen LogP contribution in [0.2, 0.25) is 0 Å². The lowest BCUT2D eigenvalue weighted by atomic mass is 10.0. The van der Waals surface area contributed by atoms with Gasteiger partial charge < -0.3 is 14.8 Å². The molecule has 0 saturated carbocycles. The van der Waals surface area contributed by atoms with Crippen molar-refractivity contribution >= 4 is 22.6 Å². The largest absolute Gasteiger partial charge is 0.504 e. The van der Waals surface area contributed by atoms with E-state index in [9.17, 15) is 14.7 Å². The van der Waals surface area contributed by atoms with Crippen LogP contribution in [0.25, 0.3) is 11.0 Å². The first-order valence-electron chi connectivity index (χ1n) is 10.9. The molecule has 7 heteroatoms. The Bertz CT molecular complexity index is 923. The third kappa shape index (κ3) is 5.83. The highest BCUT2D eigenvalue weighted by atomic mass is 16.4. The number of amides is 1. The van der Waals surface area contributed by atoms with E-state index < -0.39 is 5.63 Å². The molecule has 0 aliphatic rings. The van der Waals surface area contributed by atoms with Gasteiger partial charge >= 0.3 is 5.63 Å². The van der Waals surface area contributed by atoms with E-state index >= 15 is 0 Å². The fourth-order valence-corrected chi connectivity index (χ4v) is 3.73. The van der Waals surface area contributed by atoms with Crippen molar-refractivity contribution in [1.29, 1.82) is 0 Å². The van der Waals surface area contributed by atoms with Crippen molar-refractivity contribution in [3.8, 4) is 5.75 Å². The molecule has 0 bridgehead atoms. The first-order valence-corrected chi connectivity index (χ1v) is 10.9. The summed E-state index contributed by atoms with van der Waals surface area (Å²) in [5.41, 5.74) is 1.31. The zero-order valence-electron chi connectivity index (χ0n) is 18.9. The van der Waals surface area contributed by atoms with Crippen LogP contribution < -0.4 is 10.9 Å². The molecule has 0 aliphatic carbocycles. The van der Waals surface area contributed by atoms with Crippen LogP contribution in [0.1, 0.15) is 58.6 Å². The van der Waals surface area contributed by atoms with Gasteiger partial charge in [-0.1, -0.05) is 27.7 Å². The van der Waals surface area contributed by atoms with Crippen molar-refractivity contribution in [2.75, 3.05) is 31.5 Å². The average Bonchev–Trinajstić information content (AvgIpc) is 2.71. The summed E-state index contributed by atoms with van der Waals surface area (Å²) in [4.78, 5) is 28.4. The molecule has 7 nitrogen and oxygen atoms in total. The van der Waals surface area contributed by atoms with Crippen LogP contribution in [0, 0.1) is 0 Å². The molecule has 0 radical (unpaired) electrons. The Morgan fingerprint density at radius 2 is 1.57 bits per heavy atom. The van der Waals surface area contributed by atoms with Crippen molar-refractivity contribution in [2.24, 2.45) is 0 Å². The van der Waals surface area contributed by atoms with Crippen molar-refractivity contribution in [1.82, 2.24) is 9.80 Å². The predicted molar refractivity (Wildman–Crippen MR) is 121 cm³/mol. The van der Waals surface area contributed by atoms with Crippen LogP contribution in [-0.4, -0.2) is 47.0 Å². The predicted octanol–water partition coefficient (Wildman–Crippen LogP) is 3.92. The van der Waals surface area contributed by atoms with Gasteiger partial charge in [0, 0.05) is 31.0 Å². The van der Waals surface area contributed by atoms with Gasteiger partial charge in [-0.3, -0.25) is 14.6 Å². The number of hydrogen-bond acceptors (Lipinski definition) is 6. The van der Waals surface area contributed by atoms with Crippen LogP contribution in [0.3, 0.4) is 0 Å². The molecular formula is C23H35N3O4. The summed E-state index contributed by atoms with van der Waals surface area (Å²) in [6.45, 7) is 14.7. The average molecular weight is 418 g/mol. The molecule has 2 aromatic rings. The summed E-state index contributed by atoms with van der Waals surface area (Å²) in [7, 11) is 0. The Kier molecular flexibility index (Phi) is 8.87. The summed E-state index contributed by atoms with van der Waals surface area (Å²) in [5, 5.41) is 14.1. The standard InChI is InChI=1S/C23H35N3O4/c1-6-10-25(8-3)14-17-12-18(15-26(9-4)11-7-2)21(28)22-19(17)13-20(23(29)30-22)24-16(5)27/h12-13,28H,6-11,14-15H2,1-5H3,(H,24,27). The molecule has 0 aliphatic heterocycles. The van der Waals surface area contributed by atoms with Crippen molar-refractivity contribution in [3.05, 3.63) is 33.7 Å². The van der Waals surface area contributed by atoms with Crippen molar-refractivity contribution in [2.45, 2.75) is 60.5 Å². The number of phenols is 1. The van der Waals surface area contributed by atoms with Gasteiger partial charge in [-0.25, -0.2) is 4.79 Å². The van der Waals surface area contributed by atoms with E-state index in [4.69, 9.17) is 4.42 Å². The number of benzene rings is 1. The van der Waals surface area contributed by atoms with Gasteiger partial charge in [0.05, 0.1) is 0 Å². The van der Waals surface area contributed by atoms with E-state index in [1.165, 1.54) is 6.92 Å². The SMILES string of the molecule is CCCN(CC)Cc1cc(CN(CC)CCC)c2cc(NC(C)=O)c(=O)oc2c1O. The van der Waals surface area contributed by atoms with E-state index in [-0.39, 0.29) is 22.9 Å². The smallest absolute Gasteiger partial charge is 0.360 e. The number of fused-ring (bicyclic) bond motifs is 1. The fraction of sp³-hybridized carbons (Fsp3) is 0.565. The quantitative estimate of drug-likeness (QED) is 0.539. The Morgan fingerprint density at radius 1 is 1.00 bits per heavy atom. The molecule has 2 rings (SSSR count). The molecule has 2 N–H and O–H groups in total. The number of nitrogens with one attached hydrogen (secondary N) is 1. The Morgan fingerprint density at radius 3 is 2.07 bits per heavy atom. The van der Waals surface area contributed by atoms with Crippen molar-refractivity contribution in [3.63, 3.8) is 0 Å². The highest BCUT2D eigenvalue weighted by Gasteiger charge is 2.19. The van der Waals surface area contributed by atoms with Crippen LogP contribution in [0.15, 0.2) is 21.3 Å². The number of carbonyl (C=O) groups excluding carboxylic acids is 1. The zero-order valence-corrected chi connectivity index (χ0v) is 18.9. The van der Waals surface area contributed by atoms with Crippen LogP contribution >= 0.6 is 0 Å². The molecule has 0 atom stereocenters. The van der Waals surface area contributed by atoms with Crippen LogP contribution in [0.4, 0.5) is 5.69 Å². The normalized spacial score (nSPS) is 11.6. The highest BCUT2D eigenvalue weighted by molar-refractivity contribution is 5.93. The number of phenolic OH excluding ortho intramolecular Hbond substituents is 1. The number of hydrogen-bond donors (Lipinski definition) is 2. The summed E-state index contributed by atoms with van der Waals surface area (Å²) < 4.78 is 5.50. The Hall–Kier alpha value is -2.38. The topological polar surface area (TPSA) is 86.0 Å². The third-order valence-corrected chi connectivity index (χ3v) is 5.23. The Balaban J connectivity index is 2.65. The van der Waals surface area contributed by atoms with E-state index in [1.54, 1.807) is 6.07 Å². The summed E-state index contributed by atoms with van der Waals surface area (Å²) in [6, 6.07) is 3.62. The number of aromatic hydroxyl groups is 1. The molecule has 1 heterocycles. The summed E-state index contributed by atoms with van der Waals surface area (Å²) >= 11 is 0. The van der Waals surface area contributed by atoms with E-state index in [1.807, 2.05) is 6.07 Å². The second-order valence-electron chi connectivity index (χ2n) is 7.65. The van der Waals surface area contributed by atoms with Crippen LogP contribution in [-0.2, 0) is 17.9 Å². The highest BCUT2D eigenvalue weighted by Crippen LogP contribution is 2.34. The molecule has 30 heavy (non-hydrogen) atoms. The van der Waals surface area contributed by atoms with E-state index in [0.29, 0.717) is 18.5 Å². The molecular weight excluding hydrogens is 382 g/mol. The second kappa shape index (κ2) is 11.1. The van der Waals surface area contributed by atoms with Gasteiger partial charge in [-0.15, -0.1) is 0 Å². The van der Waals surface area contributed by atoms with Crippen molar-refractivity contribution < 1.29 is 14.3 Å². The molecule has 166 valence electrons. The lowest BCUT2D eigenvalue weighted by Crippen LogP contribution is -2.25. The van der Waals surface area contributed by atoms with Gasteiger partial charge in [0.25, 0.3) is 0 Å². The zero-order chi connectivity index (χ0) is 22.3. The van der Waals surface area contributed by atoms with Gasteiger partial charge in [0.2, 0.25) is 5.91 Å². The maximum absolute atomic E-state index is 12.4. The molecule has 1 aromatic carbocycles. The summed E-state index contributed by atoms with van der Waals surface area (Å²) in [6.07, 6.45) is 2.05. The van der Waals surface area contributed by atoms with Gasteiger partial charge in [0.1, 0.15) is 5.69 Å². The lowest BCUT2D eigenvalue weighted by Gasteiger charge is -2.24. The number of anilines is 1. The van der Waals surface area contributed by atoms with E-state index in [2.05, 4.69) is 42.8 Å². The second-order valence-corrected chi connectivity index (χ2v) is 7.65.